The van der Waals surface area contributed by atoms with Gasteiger partial charge in [0.1, 0.15) is 17.3 Å². The first-order chi connectivity index (χ1) is 8.49. The third-order valence-corrected chi connectivity index (χ3v) is 3.25. The predicted octanol–water partition coefficient (Wildman–Crippen LogP) is 3.61. The van der Waals surface area contributed by atoms with E-state index in [1.807, 2.05) is 13.8 Å². The zero-order valence-corrected chi connectivity index (χ0v) is 12.0. The van der Waals surface area contributed by atoms with Crippen molar-refractivity contribution in [2.24, 2.45) is 0 Å². The Morgan fingerprint density at radius 1 is 1.33 bits per heavy atom. The fourth-order valence-electron chi connectivity index (χ4n) is 1.78. The highest BCUT2D eigenvalue weighted by molar-refractivity contribution is 9.10. The van der Waals surface area contributed by atoms with Crippen molar-refractivity contribution in [1.29, 1.82) is 0 Å². The summed E-state index contributed by atoms with van der Waals surface area (Å²) in [5.74, 6) is 1.69. The standard InChI is InChI=1S/C13H13BrN2O2/c1-7-8(2)18-9(3)12(7)13(17)16-11-6-10(14)4-5-15-11/h4-6H,1-3H3,(H,15,16,17). The minimum absolute atomic E-state index is 0.201. The molecule has 0 aliphatic heterocycles. The molecule has 2 aromatic heterocycles. The van der Waals surface area contributed by atoms with Crippen LogP contribution in [0.15, 0.2) is 27.2 Å². The minimum atomic E-state index is -0.201. The van der Waals surface area contributed by atoms with E-state index in [4.69, 9.17) is 4.42 Å². The molecule has 2 rings (SSSR count). The van der Waals surface area contributed by atoms with Crippen LogP contribution < -0.4 is 5.32 Å². The Morgan fingerprint density at radius 2 is 2.06 bits per heavy atom. The molecule has 0 fully saturated rings. The first-order valence-electron chi connectivity index (χ1n) is 5.48. The molecular weight excluding hydrogens is 296 g/mol. The molecule has 0 unspecified atom stereocenters. The zero-order valence-electron chi connectivity index (χ0n) is 10.4. The fourth-order valence-corrected chi connectivity index (χ4v) is 2.11. The van der Waals surface area contributed by atoms with Gasteiger partial charge in [0.25, 0.3) is 5.91 Å². The molecule has 94 valence electrons. The van der Waals surface area contributed by atoms with Gasteiger partial charge in [0, 0.05) is 16.2 Å². The molecule has 1 N–H and O–H groups in total. The van der Waals surface area contributed by atoms with Crippen molar-refractivity contribution in [3.8, 4) is 0 Å². The van der Waals surface area contributed by atoms with E-state index in [2.05, 4.69) is 26.2 Å². The predicted molar refractivity (Wildman–Crippen MR) is 72.8 cm³/mol. The second-order valence-electron chi connectivity index (χ2n) is 4.03. The van der Waals surface area contributed by atoms with Crippen molar-refractivity contribution in [1.82, 2.24) is 4.98 Å². The number of nitrogens with one attached hydrogen (secondary N) is 1. The highest BCUT2D eigenvalue weighted by Gasteiger charge is 2.18. The topological polar surface area (TPSA) is 55.1 Å². The second kappa shape index (κ2) is 4.94. The van der Waals surface area contributed by atoms with E-state index < -0.39 is 0 Å². The number of furan rings is 1. The van der Waals surface area contributed by atoms with Gasteiger partial charge in [0.05, 0.1) is 5.56 Å². The molecule has 5 heteroatoms. The van der Waals surface area contributed by atoms with Crippen LogP contribution in [0.1, 0.15) is 27.4 Å². The number of aromatic nitrogens is 1. The summed E-state index contributed by atoms with van der Waals surface area (Å²) in [5, 5.41) is 2.75. The highest BCUT2D eigenvalue weighted by atomic mass is 79.9. The quantitative estimate of drug-likeness (QED) is 0.922. The first-order valence-corrected chi connectivity index (χ1v) is 6.28. The number of hydrogen-bond acceptors (Lipinski definition) is 3. The molecule has 2 heterocycles. The number of amides is 1. The molecule has 0 saturated heterocycles. The summed E-state index contributed by atoms with van der Waals surface area (Å²) in [5.41, 5.74) is 1.44. The summed E-state index contributed by atoms with van der Waals surface area (Å²) in [7, 11) is 0. The summed E-state index contributed by atoms with van der Waals surface area (Å²) < 4.78 is 6.30. The summed E-state index contributed by atoms with van der Waals surface area (Å²) >= 11 is 3.33. The number of rotatable bonds is 2. The van der Waals surface area contributed by atoms with E-state index in [0.717, 1.165) is 15.8 Å². The third kappa shape index (κ3) is 2.46. The van der Waals surface area contributed by atoms with E-state index in [-0.39, 0.29) is 5.91 Å². The SMILES string of the molecule is Cc1oc(C)c(C(=O)Nc2cc(Br)ccn2)c1C. The van der Waals surface area contributed by atoms with Gasteiger partial charge in [-0.3, -0.25) is 4.79 Å². The number of carbonyl (C=O) groups is 1. The number of hydrogen-bond donors (Lipinski definition) is 1. The van der Waals surface area contributed by atoms with Crippen molar-refractivity contribution in [3.05, 3.63) is 45.4 Å². The lowest BCUT2D eigenvalue weighted by Crippen LogP contribution is -2.14. The van der Waals surface area contributed by atoms with E-state index in [9.17, 15) is 4.79 Å². The maximum absolute atomic E-state index is 12.2. The van der Waals surface area contributed by atoms with E-state index in [1.165, 1.54) is 0 Å². The number of carbonyl (C=O) groups excluding carboxylic acids is 1. The number of anilines is 1. The van der Waals surface area contributed by atoms with Gasteiger partial charge in [0.15, 0.2) is 0 Å². The molecule has 0 atom stereocenters. The Labute approximate surface area is 114 Å². The van der Waals surface area contributed by atoms with Crippen LogP contribution in [0.5, 0.6) is 0 Å². The second-order valence-corrected chi connectivity index (χ2v) is 4.94. The molecule has 0 saturated carbocycles. The van der Waals surface area contributed by atoms with Crippen LogP contribution in [0.4, 0.5) is 5.82 Å². The Morgan fingerprint density at radius 3 is 2.61 bits per heavy atom. The molecule has 0 aliphatic carbocycles. The molecule has 0 aromatic carbocycles. The Balaban J connectivity index is 2.27. The summed E-state index contributed by atoms with van der Waals surface area (Å²) in [4.78, 5) is 16.2. The van der Waals surface area contributed by atoms with Crippen LogP contribution >= 0.6 is 15.9 Å². The summed E-state index contributed by atoms with van der Waals surface area (Å²) in [6.07, 6.45) is 1.63. The van der Waals surface area contributed by atoms with Gasteiger partial charge >= 0.3 is 0 Å². The monoisotopic (exact) mass is 308 g/mol. The molecule has 0 spiro atoms. The molecule has 0 bridgehead atoms. The van der Waals surface area contributed by atoms with Gasteiger partial charge in [0.2, 0.25) is 0 Å². The van der Waals surface area contributed by atoms with Gasteiger partial charge in [-0.15, -0.1) is 0 Å². The Bertz CT molecular complexity index is 605. The van der Waals surface area contributed by atoms with Gasteiger partial charge in [-0.2, -0.15) is 0 Å². The lowest BCUT2D eigenvalue weighted by atomic mass is 10.1. The van der Waals surface area contributed by atoms with E-state index in [1.54, 1.807) is 25.3 Å². The first kappa shape index (κ1) is 12.8. The van der Waals surface area contributed by atoms with E-state index >= 15 is 0 Å². The highest BCUT2D eigenvalue weighted by Crippen LogP contribution is 2.22. The van der Waals surface area contributed by atoms with Crippen LogP contribution in [0, 0.1) is 20.8 Å². The van der Waals surface area contributed by atoms with Crippen molar-refractivity contribution >= 4 is 27.7 Å². The maximum Gasteiger partial charge on any atom is 0.260 e. The van der Waals surface area contributed by atoms with Crippen molar-refractivity contribution in [3.63, 3.8) is 0 Å². The van der Waals surface area contributed by atoms with Gasteiger partial charge in [-0.05, 0) is 32.9 Å². The average molecular weight is 309 g/mol. The molecule has 2 aromatic rings. The number of halogens is 1. The van der Waals surface area contributed by atoms with Crippen LogP contribution in [0.25, 0.3) is 0 Å². The van der Waals surface area contributed by atoms with Crippen LogP contribution in [0.2, 0.25) is 0 Å². The molecule has 1 amide bonds. The number of aryl methyl sites for hydroxylation is 2. The third-order valence-electron chi connectivity index (χ3n) is 2.75. The van der Waals surface area contributed by atoms with Crippen LogP contribution in [0.3, 0.4) is 0 Å². The lowest BCUT2D eigenvalue weighted by Gasteiger charge is -2.04. The van der Waals surface area contributed by atoms with Gasteiger partial charge in [-0.25, -0.2) is 4.98 Å². The van der Waals surface area contributed by atoms with Gasteiger partial charge in [-0.1, -0.05) is 15.9 Å². The van der Waals surface area contributed by atoms with Gasteiger partial charge < -0.3 is 9.73 Å². The summed E-state index contributed by atoms with van der Waals surface area (Å²) in [6.45, 7) is 5.49. The largest absolute Gasteiger partial charge is 0.466 e. The molecule has 18 heavy (non-hydrogen) atoms. The molecular formula is C13H13BrN2O2. The van der Waals surface area contributed by atoms with Crippen molar-refractivity contribution in [2.45, 2.75) is 20.8 Å². The van der Waals surface area contributed by atoms with Crippen molar-refractivity contribution < 1.29 is 9.21 Å². The van der Waals surface area contributed by atoms with Crippen LogP contribution in [-0.2, 0) is 0 Å². The fraction of sp³-hybridized carbons (Fsp3) is 0.231. The average Bonchev–Trinajstić information content (AvgIpc) is 2.53. The lowest BCUT2D eigenvalue weighted by molar-refractivity contribution is 0.102. The molecule has 0 radical (unpaired) electrons. The number of nitrogens with zero attached hydrogens (tertiary/aromatic N) is 1. The Kier molecular flexibility index (Phi) is 3.52. The maximum atomic E-state index is 12.2. The minimum Gasteiger partial charge on any atom is -0.466 e. The van der Waals surface area contributed by atoms with E-state index in [0.29, 0.717) is 17.1 Å². The summed E-state index contributed by atoms with van der Waals surface area (Å²) in [6, 6.07) is 3.55. The molecule has 4 nitrogen and oxygen atoms in total. The zero-order chi connectivity index (χ0) is 13.3. The number of pyridine rings is 1. The normalized spacial score (nSPS) is 10.4. The molecule has 0 aliphatic rings. The smallest absolute Gasteiger partial charge is 0.260 e. The van der Waals surface area contributed by atoms with Crippen molar-refractivity contribution in [2.75, 3.05) is 5.32 Å². The Hall–Kier alpha value is -1.62. The van der Waals surface area contributed by atoms with Crippen LogP contribution in [-0.4, -0.2) is 10.9 Å².